The van der Waals surface area contributed by atoms with Crippen LogP contribution in [0.1, 0.15) is 32.1 Å². The van der Waals surface area contributed by atoms with Crippen molar-refractivity contribution in [3.8, 4) is 17.1 Å². The standard InChI is InChI=1S/C18H18ClN3O5S2/c1-7-5-8(2)14(23)9(3)13(7)21-18(24)16-17(29(20,25)26)11(6-28-16)15-12(19)10(4)22-27-15/h5-6,23H,1-4H3,(H,21,24)(H2,20,25,26). The molecule has 0 saturated carbocycles. The van der Waals surface area contributed by atoms with E-state index in [1.165, 1.54) is 5.38 Å². The van der Waals surface area contributed by atoms with Gasteiger partial charge in [-0.05, 0) is 38.8 Å². The molecule has 29 heavy (non-hydrogen) atoms. The third-order valence-electron chi connectivity index (χ3n) is 4.44. The van der Waals surface area contributed by atoms with Gasteiger partial charge in [-0.25, -0.2) is 13.6 Å². The van der Waals surface area contributed by atoms with Crippen molar-refractivity contribution in [1.82, 2.24) is 5.16 Å². The topological polar surface area (TPSA) is 136 Å². The molecule has 2 heterocycles. The van der Waals surface area contributed by atoms with Crippen LogP contribution in [0.2, 0.25) is 5.02 Å². The van der Waals surface area contributed by atoms with Gasteiger partial charge in [0.1, 0.15) is 20.5 Å². The molecule has 0 aliphatic heterocycles. The SMILES string of the molecule is Cc1cc(C)c(NC(=O)c2scc(-c3onc(C)c3Cl)c2S(N)(=O)=O)c(C)c1O. The number of hydrogen-bond acceptors (Lipinski definition) is 7. The van der Waals surface area contributed by atoms with Gasteiger partial charge in [0.05, 0.1) is 16.9 Å². The Labute approximate surface area is 176 Å². The molecule has 4 N–H and O–H groups in total. The van der Waals surface area contributed by atoms with Crippen molar-refractivity contribution in [3.63, 3.8) is 0 Å². The van der Waals surface area contributed by atoms with E-state index < -0.39 is 20.8 Å². The van der Waals surface area contributed by atoms with Gasteiger partial charge in [-0.1, -0.05) is 22.8 Å². The number of aromatic hydroxyl groups is 1. The van der Waals surface area contributed by atoms with E-state index >= 15 is 0 Å². The van der Waals surface area contributed by atoms with Crippen molar-refractivity contribution in [2.24, 2.45) is 5.14 Å². The highest BCUT2D eigenvalue weighted by Gasteiger charge is 2.30. The normalized spacial score (nSPS) is 11.7. The zero-order valence-electron chi connectivity index (χ0n) is 16.0. The summed E-state index contributed by atoms with van der Waals surface area (Å²) in [5, 5.41) is 23.5. The van der Waals surface area contributed by atoms with Crippen LogP contribution < -0.4 is 10.5 Å². The van der Waals surface area contributed by atoms with Gasteiger partial charge in [-0.2, -0.15) is 0 Å². The monoisotopic (exact) mass is 455 g/mol. The Hall–Kier alpha value is -2.40. The summed E-state index contributed by atoms with van der Waals surface area (Å²) in [6.07, 6.45) is 0. The second-order valence-corrected chi connectivity index (χ2v) is 9.33. The van der Waals surface area contributed by atoms with Gasteiger partial charge in [0.15, 0.2) is 5.76 Å². The summed E-state index contributed by atoms with van der Waals surface area (Å²) in [4.78, 5) is 12.4. The lowest BCUT2D eigenvalue weighted by Gasteiger charge is -2.15. The summed E-state index contributed by atoms with van der Waals surface area (Å²) in [5.41, 5.74) is 2.68. The van der Waals surface area contributed by atoms with Gasteiger partial charge < -0.3 is 14.9 Å². The molecule has 1 aromatic carbocycles. The Morgan fingerprint density at radius 1 is 1.28 bits per heavy atom. The maximum absolute atomic E-state index is 12.9. The highest BCUT2D eigenvalue weighted by atomic mass is 35.5. The molecule has 0 bridgehead atoms. The molecule has 0 spiro atoms. The molecular weight excluding hydrogens is 438 g/mol. The molecular formula is C18H18ClN3O5S2. The number of primary sulfonamides is 1. The van der Waals surface area contributed by atoms with Gasteiger partial charge >= 0.3 is 0 Å². The zero-order valence-corrected chi connectivity index (χ0v) is 18.3. The molecule has 0 atom stereocenters. The highest BCUT2D eigenvalue weighted by Crippen LogP contribution is 2.40. The molecule has 0 saturated heterocycles. The number of carbonyl (C=O) groups is 1. The van der Waals surface area contributed by atoms with Gasteiger partial charge in [0, 0.05) is 10.9 Å². The Morgan fingerprint density at radius 2 is 1.93 bits per heavy atom. The average molecular weight is 456 g/mol. The number of amides is 1. The third-order valence-corrected chi connectivity index (χ3v) is 6.99. The number of nitrogens with zero attached hydrogens (tertiary/aromatic N) is 1. The lowest BCUT2D eigenvalue weighted by atomic mass is 10.0. The fourth-order valence-corrected chi connectivity index (χ4v) is 5.39. The molecule has 0 aliphatic rings. The van der Waals surface area contributed by atoms with Crippen LogP contribution in [0, 0.1) is 27.7 Å². The molecule has 3 rings (SSSR count). The Balaban J connectivity index is 2.12. The molecule has 2 aromatic heterocycles. The number of carbonyl (C=O) groups excluding carboxylic acids is 1. The number of phenolic OH excluding ortho intramolecular Hbond substituents is 1. The van der Waals surface area contributed by atoms with Crippen LogP contribution in [0.25, 0.3) is 11.3 Å². The molecule has 0 aliphatic carbocycles. The predicted octanol–water partition coefficient (Wildman–Crippen LogP) is 3.90. The first kappa shape index (κ1) is 21.3. The fourth-order valence-electron chi connectivity index (χ4n) is 3.01. The molecule has 154 valence electrons. The number of hydrogen-bond donors (Lipinski definition) is 3. The van der Waals surface area contributed by atoms with Crippen LogP contribution in [0.5, 0.6) is 5.75 Å². The van der Waals surface area contributed by atoms with Gasteiger partial charge in [0.25, 0.3) is 5.91 Å². The predicted molar refractivity (Wildman–Crippen MR) is 111 cm³/mol. The number of aryl methyl sites for hydroxylation is 3. The second-order valence-electron chi connectivity index (χ2n) is 6.58. The summed E-state index contributed by atoms with van der Waals surface area (Å²) in [5.74, 6) is -0.621. The van der Waals surface area contributed by atoms with Crippen molar-refractivity contribution in [3.05, 3.63) is 43.7 Å². The number of aromatic nitrogens is 1. The number of nitrogens with one attached hydrogen (secondary N) is 1. The van der Waals surface area contributed by atoms with Crippen LogP contribution in [0.3, 0.4) is 0 Å². The Kier molecular flexibility index (Phi) is 5.48. The summed E-state index contributed by atoms with van der Waals surface area (Å²) >= 11 is 7.02. The first-order valence-electron chi connectivity index (χ1n) is 8.31. The van der Waals surface area contributed by atoms with E-state index in [0.717, 1.165) is 11.3 Å². The lowest BCUT2D eigenvalue weighted by molar-refractivity contribution is 0.102. The minimum Gasteiger partial charge on any atom is -0.507 e. The summed E-state index contributed by atoms with van der Waals surface area (Å²) in [6, 6.07) is 1.72. The van der Waals surface area contributed by atoms with Crippen LogP contribution in [0.4, 0.5) is 5.69 Å². The zero-order chi connectivity index (χ0) is 21.7. The molecule has 0 radical (unpaired) electrons. The molecule has 0 unspecified atom stereocenters. The quantitative estimate of drug-likeness (QED) is 0.545. The number of rotatable bonds is 4. The Morgan fingerprint density at radius 3 is 2.48 bits per heavy atom. The number of nitrogens with two attached hydrogens (primary N) is 1. The summed E-state index contributed by atoms with van der Waals surface area (Å²) in [7, 11) is -4.30. The maximum Gasteiger partial charge on any atom is 0.267 e. The number of sulfonamides is 1. The Bertz CT molecular complexity index is 1240. The van der Waals surface area contributed by atoms with E-state index in [1.54, 1.807) is 33.8 Å². The average Bonchev–Trinajstić information content (AvgIpc) is 3.21. The van der Waals surface area contributed by atoms with E-state index in [0.29, 0.717) is 28.1 Å². The van der Waals surface area contributed by atoms with E-state index in [1.807, 2.05) is 0 Å². The minimum atomic E-state index is -4.30. The number of thiophene rings is 1. The number of halogens is 1. The van der Waals surface area contributed by atoms with Gasteiger partial charge in [0.2, 0.25) is 10.0 Å². The van der Waals surface area contributed by atoms with E-state index in [9.17, 15) is 18.3 Å². The van der Waals surface area contributed by atoms with E-state index in [2.05, 4.69) is 10.5 Å². The maximum atomic E-state index is 12.9. The third kappa shape index (κ3) is 3.76. The number of phenols is 1. The first-order valence-corrected chi connectivity index (χ1v) is 11.1. The smallest absolute Gasteiger partial charge is 0.267 e. The minimum absolute atomic E-state index is 0.0174. The lowest BCUT2D eigenvalue weighted by Crippen LogP contribution is -2.20. The van der Waals surface area contributed by atoms with Crippen molar-refractivity contribution in [1.29, 1.82) is 0 Å². The van der Waals surface area contributed by atoms with E-state index in [4.69, 9.17) is 21.3 Å². The van der Waals surface area contributed by atoms with Crippen molar-refractivity contribution >= 4 is 44.6 Å². The van der Waals surface area contributed by atoms with Gasteiger partial charge in [-0.15, -0.1) is 11.3 Å². The first-order chi connectivity index (χ1) is 13.4. The van der Waals surface area contributed by atoms with Crippen LogP contribution in [-0.2, 0) is 10.0 Å². The highest BCUT2D eigenvalue weighted by molar-refractivity contribution is 7.89. The number of anilines is 1. The van der Waals surface area contributed by atoms with Crippen molar-refractivity contribution < 1.29 is 22.8 Å². The van der Waals surface area contributed by atoms with Crippen molar-refractivity contribution in [2.75, 3.05) is 5.32 Å². The molecule has 11 heteroatoms. The van der Waals surface area contributed by atoms with Crippen LogP contribution in [0.15, 0.2) is 20.9 Å². The summed E-state index contributed by atoms with van der Waals surface area (Å²) in [6.45, 7) is 6.77. The largest absolute Gasteiger partial charge is 0.507 e. The van der Waals surface area contributed by atoms with E-state index in [-0.39, 0.29) is 27.0 Å². The number of benzene rings is 1. The van der Waals surface area contributed by atoms with Crippen molar-refractivity contribution in [2.45, 2.75) is 32.6 Å². The second kappa shape index (κ2) is 7.45. The van der Waals surface area contributed by atoms with Crippen LogP contribution in [-0.4, -0.2) is 24.6 Å². The van der Waals surface area contributed by atoms with Gasteiger partial charge in [-0.3, -0.25) is 4.79 Å². The summed E-state index contributed by atoms with van der Waals surface area (Å²) < 4.78 is 29.7. The van der Waals surface area contributed by atoms with Crippen LogP contribution >= 0.6 is 22.9 Å². The fraction of sp³-hybridized carbons (Fsp3) is 0.222. The molecule has 8 nitrogen and oxygen atoms in total. The molecule has 1 amide bonds. The molecule has 3 aromatic rings. The molecule has 0 fully saturated rings.